The fourth-order valence-electron chi connectivity index (χ4n) is 1.37. The van der Waals surface area contributed by atoms with Crippen molar-refractivity contribution in [2.45, 2.75) is 6.04 Å². The Labute approximate surface area is 108 Å². The molecule has 0 saturated carbocycles. The summed E-state index contributed by atoms with van der Waals surface area (Å²) in [5, 5.41) is 2.95. The molecule has 3 nitrogen and oxygen atoms in total. The Kier molecular flexibility index (Phi) is 5.31. The first-order valence-corrected chi connectivity index (χ1v) is 5.76. The van der Waals surface area contributed by atoms with Crippen molar-refractivity contribution in [2.75, 3.05) is 13.7 Å². The van der Waals surface area contributed by atoms with Crippen LogP contribution in [0.2, 0.25) is 0 Å². The number of carbonyl (C=O) groups is 1. The van der Waals surface area contributed by atoms with E-state index in [0.717, 1.165) is 0 Å². The molecule has 5 heteroatoms. The average molecular weight is 302 g/mol. The van der Waals surface area contributed by atoms with Crippen molar-refractivity contribution in [3.8, 4) is 0 Å². The van der Waals surface area contributed by atoms with Crippen molar-refractivity contribution in [3.05, 3.63) is 46.7 Å². The fourth-order valence-corrected chi connectivity index (χ4v) is 1.95. The number of benzene rings is 1. The van der Waals surface area contributed by atoms with Gasteiger partial charge in [0, 0.05) is 11.0 Å². The minimum Gasteiger partial charge on any atom is -0.468 e. The van der Waals surface area contributed by atoms with E-state index < -0.39 is 12.0 Å². The highest BCUT2D eigenvalue weighted by molar-refractivity contribution is 9.10. The Balaban J connectivity index is 3.03. The van der Waals surface area contributed by atoms with Gasteiger partial charge in [-0.05, 0) is 17.7 Å². The molecule has 0 amide bonds. The maximum absolute atomic E-state index is 13.0. The van der Waals surface area contributed by atoms with E-state index in [9.17, 15) is 9.18 Å². The number of hydrogen-bond donors (Lipinski definition) is 1. The average Bonchev–Trinajstić information content (AvgIpc) is 2.31. The molecule has 17 heavy (non-hydrogen) atoms. The van der Waals surface area contributed by atoms with E-state index in [0.29, 0.717) is 16.6 Å². The van der Waals surface area contributed by atoms with Crippen LogP contribution in [0.1, 0.15) is 11.6 Å². The molecule has 1 rings (SSSR count). The fraction of sp³-hybridized carbons (Fsp3) is 0.250. The molecule has 1 N–H and O–H groups in total. The van der Waals surface area contributed by atoms with Crippen LogP contribution in [0, 0.1) is 5.82 Å². The predicted octanol–water partition coefficient (Wildman–Crippen LogP) is 2.58. The van der Waals surface area contributed by atoms with Gasteiger partial charge in [0.1, 0.15) is 11.9 Å². The molecule has 0 bridgehead atoms. The van der Waals surface area contributed by atoms with Gasteiger partial charge in [-0.25, -0.2) is 9.18 Å². The lowest BCUT2D eigenvalue weighted by molar-refractivity contribution is -0.143. The van der Waals surface area contributed by atoms with E-state index in [1.54, 1.807) is 6.08 Å². The van der Waals surface area contributed by atoms with Crippen molar-refractivity contribution in [3.63, 3.8) is 0 Å². The van der Waals surface area contributed by atoms with Gasteiger partial charge in [-0.2, -0.15) is 0 Å². The van der Waals surface area contributed by atoms with Gasteiger partial charge in [-0.3, -0.25) is 5.32 Å². The third-order valence-corrected chi connectivity index (χ3v) is 2.86. The monoisotopic (exact) mass is 301 g/mol. The van der Waals surface area contributed by atoms with Crippen LogP contribution in [0.5, 0.6) is 0 Å². The van der Waals surface area contributed by atoms with Gasteiger partial charge in [0.25, 0.3) is 0 Å². The van der Waals surface area contributed by atoms with E-state index in [-0.39, 0.29) is 5.82 Å². The Morgan fingerprint density at radius 1 is 1.71 bits per heavy atom. The summed E-state index contributed by atoms with van der Waals surface area (Å²) in [5.74, 6) is -0.799. The van der Waals surface area contributed by atoms with Crippen LogP contribution in [0.3, 0.4) is 0 Å². The molecule has 1 aromatic carbocycles. The summed E-state index contributed by atoms with van der Waals surface area (Å²) in [4.78, 5) is 11.6. The van der Waals surface area contributed by atoms with Crippen molar-refractivity contribution in [1.29, 1.82) is 0 Å². The summed E-state index contributed by atoms with van der Waals surface area (Å²) in [5.41, 5.74) is 0.625. The van der Waals surface area contributed by atoms with Gasteiger partial charge in [-0.15, -0.1) is 6.58 Å². The number of rotatable bonds is 5. The largest absolute Gasteiger partial charge is 0.468 e. The number of carbonyl (C=O) groups excluding carboxylic acids is 1. The summed E-state index contributed by atoms with van der Waals surface area (Å²) in [7, 11) is 1.31. The topological polar surface area (TPSA) is 38.3 Å². The second-order valence-corrected chi connectivity index (χ2v) is 4.17. The Morgan fingerprint density at radius 2 is 2.41 bits per heavy atom. The number of nitrogens with one attached hydrogen (secondary N) is 1. The minimum atomic E-state index is -0.645. The molecule has 0 aliphatic carbocycles. The highest BCUT2D eigenvalue weighted by Crippen LogP contribution is 2.25. The number of methoxy groups -OCH3 is 1. The predicted molar refractivity (Wildman–Crippen MR) is 67.1 cm³/mol. The SMILES string of the molecule is C=CCNC(C(=O)OC)c1ccc(F)cc1Br. The molecule has 0 radical (unpaired) electrons. The normalized spacial score (nSPS) is 11.9. The first-order chi connectivity index (χ1) is 8.10. The van der Waals surface area contributed by atoms with Gasteiger partial charge in [0.2, 0.25) is 0 Å². The first-order valence-electron chi connectivity index (χ1n) is 4.97. The van der Waals surface area contributed by atoms with Crippen molar-refractivity contribution in [1.82, 2.24) is 5.32 Å². The molecular formula is C12H13BrFNO2. The molecule has 0 aliphatic rings. The number of halogens is 2. The Morgan fingerprint density at radius 3 is 2.94 bits per heavy atom. The van der Waals surface area contributed by atoms with Crippen molar-refractivity contribution < 1.29 is 13.9 Å². The Bertz CT molecular complexity index is 423. The second kappa shape index (κ2) is 6.51. The standard InChI is InChI=1S/C12H13BrFNO2/c1-3-6-15-11(12(16)17-2)9-5-4-8(14)7-10(9)13/h3-5,7,11,15H,1,6H2,2H3. The van der Waals surface area contributed by atoms with Crippen LogP contribution >= 0.6 is 15.9 Å². The molecule has 92 valence electrons. The summed E-state index contributed by atoms with van der Waals surface area (Å²) < 4.78 is 18.2. The Hall–Kier alpha value is -1.20. The summed E-state index contributed by atoms with van der Waals surface area (Å²) in [6.07, 6.45) is 1.63. The highest BCUT2D eigenvalue weighted by Gasteiger charge is 2.22. The molecule has 0 aliphatic heterocycles. The first kappa shape index (κ1) is 13.9. The van der Waals surface area contributed by atoms with Gasteiger partial charge in [0.15, 0.2) is 0 Å². The number of hydrogen-bond acceptors (Lipinski definition) is 3. The second-order valence-electron chi connectivity index (χ2n) is 3.32. The van der Waals surface area contributed by atoms with E-state index in [1.165, 1.54) is 25.3 Å². The van der Waals surface area contributed by atoms with E-state index in [2.05, 4.69) is 27.8 Å². The highest BCUT2D eigenvalue weighted by atomic mass is 79.9. The van der Waals surface area contributed by atoms with Crippen LogP contribution in [-0.4, -0.2) is 19.6 Å². The van der Waals surface area contributed by atoms with Gasteiger partial charge >= 0.3 is 5.97 Å². The zero-order valence-corrected chi connectivity index (χ0v) is 11.0. The summed E-state index contributed by atoms with van der Waals surface area (Å²) in [6, 6.07) is 3.50. The van der Waals surface area contributed by atoms with Gasteiger partial charge in [-0.1, -0.05) is 28.1 Å². The molecule has 0 fully saturated rings. The van der Waals surface area contributed by atoms with Crippen LogP contribution in [0.15, 0.2) is 35.3 Å². The van der Waals surface area contributed by atoms with Crippen LogP contribution in [0.4, 0.5) is 4.39 Å². The lowest BCUT2D eigenvalue weighted by Gasteiger charge is -2.17. The van der Waals surface area contributed by atoms with Crippen molar-refractivity contribution >= 4 is 21.9 Å². The molecule has 0 spiro atoms. The van der Waals surface area contributed by atoms with Gasteiger partial charge in [0.05, 0.1) is 7.11 Å². The van der Waals surface area contributed by atoms with Crippen LogP contribution in [-0.2, 0) is 9.53 Å². The maximum atomic E-state index is 13.0. The third-order valence-electron chi connectivity index (χ3n) is 2.18. The lowest BCUT2D eigenvalue weighted by Crippen LogP contribution is -2.30. The summed E-state index contributed by atoms with van der Waals surface area (Å²) in [6.45, 7) is 4.01. The van der Waals surface area contributed by atoms with E-state index in [4.69, 9.17) is 4.74 Å². The smallest absolute Gasteiger partial charge is 0.327 e. The number of esters is 1. The molecule has 0 heterocycles. The van der Waals surface area contributed by atoms with Crippen LogP contribution < -0.4 is 5.32 Å². The van der Waals surface area contributed by atoms with Crippen LogP contribution in [0.25, 0.3) is 0 Å². The molecular weight excluding hydrogens is 289 g/mol. The zero-order valence-electron chi connectivity index (χ0n) is 9.37. The number of ether oxygens (including phenoxy) is 1. The lowest BCUT2D eigenvalue weighted by atomic mass is 10.1. The molecule has 1 atom stereocenters. The van der Waals surface area contributed by atoms with Crippen molar-refractivity contribution in [2.24, 2.45) is 0 Å². The molecule has 0 aromatic heterocycles. The third kappa shape index (κ3) is 3.64. The molecule has 1 unspecified atom stereocenters. The van der Waals surface area contributed by atoms with E-state index >= 15 is 0 Å². The quantitative estimate of drug-likeness (QED) is 0.671. The van der Waals surface area contributed by atoms with Gasteiger partial charge < -0.3 is 4.74 Å². The maximum Gasteiger partial charge on any atom is 0.327 e. The summed E-state index contributed by atoms with van der Waals surface area (Å²) >= 11 is 3.22. The molecule has 0 saturated heterocycles. The zero-order chi connectivity index (χ0) is 12.8. The molecule has 1 aromatic rings. The van der Waals surface area contributed by atoms with E-state index in [1.807, 2.05) is 0 Å². The minimum absolute atomic E-state index is 0.368.